The summed E-state index contributed by atoms with van der Waals surface area (Å²) in [6.45, 7) is 6.38. The molecule has 2 N–H and O–H groups in total. The maximum atomic E-state index is 6.18. The van der Waals surface area contributed by atoms with Crippen molar-refractivity contribution in [3.63, 3.8) is 0 Å². The van der Waals surface area contributed by atoms with Crippen molar-refractivity contribution < 1.29 is 0 Å². The van der Waals surface area contributed by atoms with Gasteiger partial charge >= 0.3 is 0 Å². The largest absolute Gasteiger partial charge is 0.324 e. The smallest absolute Gasteiger partial charge is 0.0545 e. The summed E-state index contributed by atoms with van der Waals surface area (Å²) >= 11 is 7.98. The van der Waals surface area contributed by atoms with Crippen molar-refractivity contribution >= 4 is 23.4 Å². The van der Waals surface area contributed by atoms with Crippen LogP contribution in [0.1, 0.15) is 32.4 Å². The van der Waals surface area contributed by atoms with E-state index in [2.05, 4.69) is 26.0 Å². The van der Waals surface area contributed by atoms with Crippen LogP contribution in [0, 0.1) is 5.92 Å². The molecule has 1 nitrogen and oxygen atoms in total. The van der Waals surface area contributed by atoms with Gasteiger partial charge in [-0.1, -0.05) is 31.5 Å². The predicted octanol–water partition coefficient (Wildman–Crippen LogP) is 4.11. The molecule has 0 heterocycles. The number of rotatable bonds is 4. The summed E-state index contributed by atoms with van der Waals surface area (Å²) in [7, 11) is 0. The molecule has 0 aliphatic carbocycles. The van der Waals surface area contributed by atoms with Gasteiger partial charge in [-0.05, 0) is 30.5 Å². The van der Waals surface area contributed by atoms with Crippen molar-refractivity contribution in [3.05, 3.63) is 28.8 Å². The minimum Gasteiger partial charge on any atom is -0.324 e. The molecular formula is C12H18ClNS. The lowest BCUT2D eigenvalue weighted by Crippen LogP contribution is -2.04. The first kappa shape index (κ1) is 12.9. The van der Waals surface area contributed by atoms with Gasteiger partial charge in [0.1, 0.15) is 0 Å². The summed E-state index contributed by atoms with van der Waals surface area (Å²) in [6, 6.07) is 6.13. The lowest BCUT2D eigenvalue weighted by atomic mass is 10.1. The summed E-state index contributed by atoms with van der Waals surface area (Å²) in [6.07, 6.45) is 0. The zero-order valence-corrected chi connectivity index (χ0v) is 11.0. The van der Waals surface area contributed by atoms with Gasteiger partial charge in [0, 0.05) is 16.7 Å². The van der Waals surface area contributed by atoms with E-state index in [0.717, 1.165) is 21.2 Å². The van der Waals surface area contributed by atoms with Gasteiger partial charge in [0.2, 0.25) is 0 Å². The molecule has 0 spiro atoms. The maximum absolute atomic E-state index is 6.18. The van der Waals surface area contributed by atoms with E-state index >= 15 is 0 Å². The molecule has 1 aromatic rings. The fourth-order valence-corrected chi connectivity index (χ4v) is 2.40. The van der Waals surface area contributed by atoms with Crippen LogP contribution in [-0.4, -0.2) is 5.75 Å². The van der Waals surface area contributed by atoms with E-state index < -0.39 is 0 Å². The van der Waals surface area contributed by atoms with Crippen LogP contribution >= 0.6 is 23.4 Å². The Hall–Kier alpha value is -0.180. The van der Waals surface area contributed by atoms with Crippen LogP contribution in [0.25, 0.3) is 0 Å². The molecular weight excluding hydrogens is 226 g/mol. The SMILES string of the molecule is CC(C)CSc1ccc([C@@H](C)N)cc1Cl. The second-order valence-corrected chi connectivity index (χ2v) is 5.65. The molecule has 0 aliphatic rings. The molecule has 3 heteroatoms. The van der Waals surface area contributed by atoms with Gasteiger partial charge in [-0.3, -0.25) is 0 Å². The zero-order valence-electron chi connectivity index (χ0n) is 9.46. The first-order valence-electron chi connectivity index (χ1n) is 5.18. The predicted molar refractivity (Wildman–Crippen MR) is 69.6 cm³/mol. The van der Waals surface area contributed by atoms with Crippen molar-refractivity contribution in [1.82, 2.24) is 0 Å². The average molecular weight is 244 g/mol. The highest BCUT2D eigenvalue weighted by atomic mass is 35.5. The topological polar surface area (TPSA) is 26.0 Å². The van der Waals surface area contributed by atoms with Crippen LogP contribution in [0.4, 0.5) is 0 Å². The first-order chi connectivity index (χ1) is 7.00. The molecule has 0 saturated carbocycles. The Kier molecular flexibility index (Phi) is 4.97. The van der Waals surface area contributed by atoms with E-state index in [0.29, 0.717) is 5.92 Å². The molecule has 1 atom stereocenters. The monoisotopic (exact) mass is 243 g/mol. The number of nitrogens with two attached hydrogens (primary N) is 1. The molecule has 0 aromatic heterocycles. The Morgan fingerprint density at radius 2 is 2.00 bits per heavy atom. The van der Waals surface area contributed by atoms with Crippen LogP contribution in [-0.2, 0) is 0 Å². The van der Waals surface area contributed by atoms with Crippen LogP contribution in [0.5, 0.6) is 0 Å². The summed E-state index contributed by atoms with van der Waals surface area (Å²) in [5.74, 6) is 1.77. The Balaban J connectivity index is 2.75. The Labute approximate surface area is 101 Å². The van der Waals surface area contributed by atoms with Crippen molar-refractivity contribution in [2.24, 2.45) is 11.7 Å². The third kappa shape index (κ3) is 4.06. The van der Waals surface area contributed by atoms with Crippen molar-refractivity contribution in [3.8, 4) is 0 Å². The van der Waals surface area contributed by atoms with Gasteiger partial charge in [-0.15, -0.1) is 11.8 Å². The summed E-state index contributed by atoms with van der Waals surface area (Å²) in [5, 5.41) is 0.815. The molecule has 0 fully saturated rings. The lowest BCUT2D eigenvalue weighted by molar-refractivity contribution is 0.750. The van der Waals surface area contributed by atoms with Gasteiger partial charge in [0.25, 0.3) is 0 Å². The minimum atomic E-state index is 0.0478. The molecule has 15 heavy (non-hydrogen) atoms. The molecule has 1 aromatic carbocycles. The molecule has 0 aliphatic heterocycles. The number of hydrogen-bond acceptors (Lipinski definition) is 2. The lowest BCUT2D eigenvalue weighted by Gasteiger charge is -2.10. The third-order valence-corrected chi connectivity index (χ3v) is 3.98. The summed E-state index contributed by atoms with van der Waals surface area (Å²) in [4.78, 5) is 1.15. The Morgan fingerprint density at radius 1 is 1.33 bits per heavy atom. The fraction of sp³-hybridized carbons (Fsp3) is 0.500. The second kappa shape index (κ2) is 5.78. The van der Waals surface area contributed by atoms with E-state index in [-0.39, 0.29) is 6.04 Å². The van der Waals surface area contributed by atoms with Crippen LogP contribution < -0.4 is 5.73 Å². The number of halogens is 1. The molecule has 0 bridgehead atoms. The van der Waals surface area contributed by atoms with Crippen LogP contribution in [0.2, 0.25) is 5.02 Å². The fourth-order valence-electron chi connectivity index (χ4n) is 1.17. The zero-order chi connectivity index (χ0) is 11.4. The first-order valence-corrected chi connectivity index (χ1v) is 6.55. The van der Waals surface area contributed by atoms with Gasteiger partial charge in [-0.2, -0.15) is 0 Å². The van der Waals surface area contributed by atoms with E-state index in [9.17, 15) is 0 Å². The van der Waals surface area contributed by atoms with Crippen molar-refractivity contribution in [2.45, 2.75) is 31.7 Å². The van der Waals surface area contributed by atoms with Crippen molar-refractivity contribution in [1.29, 1.82) is 0 Å². The second-order valence-electron chi connectivity index (χ2n) is 4.18. The Bertz CT molecular complexity index is 323. The van der Waals surface area contributed by atoms with Crippen molar-refractivity contribution in [2.75, 3.05) is 5.75 Å². The highest BCUT2D eigenvalue weighted by Gasteiger charge is 2.06. The molecule has 0 saturated heterocycles. The normalized spacial score (nSPS) is 13.2. The van der Waals surface area contributed by atoms with E-state index in [1.807, 2.05) is 13.0 Å². The number of benzene rings is 1. The Morgan fingerprint density at radius 3 is 2.47 bits per heavy atom. The summed E-state index contributed by atoms with van der Waals surface area (Å²) < 4.78 is 0. The summed E-state index contributed by atoms with van der Waals surface area (Å²) in [5.41, 5.74) is 6.88. The molecule has 84 valence electrons. The molecule has 1 rings (SSSR count). The van der Waals surface area contributed by atoms with Crippen LogP contribution in [0.15, 0.2) is 23.1 Å². The number of hydrogen-bond donors (Lipinski definition) is 1. The highest BCUT2D eigenvalue weighted by molar-refractivity contribution is 7.99. The van der Waals surface area contributed by atoms with Gasteiger partial charge < -0.3 is 5.73 Å². The maximum Gasteiger partial charge on any atom is 0.0545 e. The standard InChI is InChI=1S/C12H18ClNS/c1-8(2)7-15-12-5-4-10(9(3)14)6-11(12)13/h4-6,8-9H,7,14H2,1-3H3/t9-/m1/s1. The molecule has 0 unspecified atom stereocenters. The van der Waals surface area contributed by atoms with E-state index in [4.69, 9.17) is 17.3 Å². The molecule has 0 radical (unpaired) electrons. The quantitative estimate of drug-likeness (QED) is 0.806. The van der Waals surface area contributed by atoms with Crippen LogP contribution in [0.3, 0.4) is 0 Å². The van der Waals surface area contributed by atoms with Gasteiger partial charge in [-0.25, -0.2) is 0 Å². The van der Waals surface area contributed by atoms with E-state index in [1.165, 1.54) is 0 Å². The number of thioether (sulfide) groups is 1. The van der Waals surface area contributed by atoms with Gasteiger partial charge in [0.15, 0.2) is 0 Å². The highest BCUT2D eigenvalue weighted by Crippen LogP contribution is 2.30. The minimum absolute atomic E-state index is 0.0478. The molecule has 0 amide bonds. The van der Waals surface area contributed by atoms with Gasteiger partial charge in [0.05, 0.1) is 5.02 Å². The average Bonchev–Trinajstić information content (AvgIpc) is 2.15. The van der Waals surface area contributed by atoms with E-state index in [1.54, 1.807) is 11.8 Å². The third-order valence-electron chi connectivity index (χ3n) is 2.05.